The average molecular weight is 496 g/mol. The van der Waals surface area contributed by atoms with Gasteiger partial charge >= 0.3 is 0 Å². The van der Waals surface area contributed by atoms with Crippen LogP contribution in [0.3, 0.4) is 0 Å². The van der Waals surface area contributed by atoms with Gasteiger partial charge in [0.2, 0.25) is 5.78 Å². The third-order valence-corrected chi connectivity index (χ3v) is 7.90. The molecule has 3 unspecified atom stereocenters. The van der Waals surface area contributed by atoms with Crippen LogP contribution in [-0.4, -0.2) is 5.78 Å². The topological polar surface area (TPSA) is 26.3 Å². The van der Waals surface area contributed by atoms with Gasteiger partial charge in [0.15, 0.2) is 0 Å². The van der Waals surface area contributed by atoms with Crippen molar-refractivity contribution >= 4 is 37.6 Å². The van der Waals surface area contributed by atoms with E-state index in [-0.39, 0.29) is 17.8 Å². The predicted octanol–water partition coefficient (Wildman–Crippen LogP) is 6.63. The Morgan fingerprint density at radius 1 is 0.750 bits per heavy atom. The van der Waals surface area contributed by atoms with Crippen molar-refractivity contribution in [2.24, 2.45) is 0 Å². The molecule has 0 radical (unpaired) electrons. The Morgan fingerprint density at radius 3 is 2.00 bits per heavy atom. The first-order chi connectivity index (χ1) is 13.6. The number of carbonyl (C=O) groups excluding carboxylic acids is 1. The zero-order valence-electron chi connectivity index (χ0n) is 14.8. The van der Waals surface area contributed by atoms with E-state index in [1.54, 1.807) is 0 Å². The Morgan fingerprint density at radius 2 is 1.32 bits per heavy atom. The van der Waals surface area contributed by atoms with Crippen molar-refractivity contribution < 1.29 is 9.53 Å². The van der Waals surface area contributed by atoms with Crippen molar-refractivity contribution in [3.63, 3.8) is 0 Å². The fourth-order valence-electron chi connectivity index (χ4n) is 4.38. The Labute approximate surface area is 180 Å². The van der Waals surface area contributed by atoms with E-state index in [4.69, 9.17) is 4.74 Å². The van der Waals surface area contributed by atoms with Gasteiger partial charge in [0.25, 0.3) is 0 Å². The highest BCUT2D eigenvalue weighted by molar-refractivity contribution is 9.14. The molecule has 0 bridgehead atoms. The Bertz CT molecular complexity index is 1090. The second-order valence-corrected chi connectivity index (χ2v) is 8.66. The summed E-state index contributed by atoms with van der Waals surface area (Å²) in [6.07, 6.45) is -0.0993. The fourth-order valence-corrected chi connectivity index (χ4v) is 5.62. The zero-order chi connectivity index (χ0) is 19.3. The summed E-state index contributed by atoms with van der Waals surface area (Å²) in [7, 11) is 0. The fraction of sp³-hybridized carbons (Fsp3) is 0.125. The molecule has 138 valence electrons. The molecule has 1 saturated heterocycles. The molecule has 0 aromatic heterocycles. The molecule has 1 fully saturated rings. The van der Waals surface area contributed by atoms with Gasteiger partial charge in [0, 0.05) is 11.1 Å². The van der Waals surface area contributed by atoms with E-state index in [2.05, 4.69) is 68.3 Å². The molecule has 2 aliphatic rings. The summed E-state index contributed by atoms with van der Waals surface area (Å²) < 4.78 is 7.97. The lowest BCUT2D eigenvalue weighted by Gasteiger charge is -2.57. The molecule has 3 aromatic carbocycles. The maximum Gasteiger partial charge on any atom is 0.201 e. The van der Waals surface area contributed by atoms with Crippen molar-refractivity contribution in [3.8, 4) is 0 Å². The number of Topliss-reactive ketones (excluding diaryl/α,β-unsaturated/α-hetero) is 1. The standard InChI is InChI=1S/C24H16Br2O2/c25-20-21(27)17-13-7-8-14-18(17)24(23(20)26)19(15-9-3-1-4-10-15)22(28-24)16-11-5-2-6-12-16/h1-14,19,22H. The molecule has 5 rings (SSSR count). The molecule has 4 heteroatoms. The summed E-state index contributed by atoms with van der Waals surface area (Å²) in [4.78, 5) is 12.9. The Kier molecular flexibility index (Phi) is 4.38. The average Bonchev–Trinajstić information content (AvgIpc) is 2.73. The first kappa shape index (κ1) is 18.0. The first-order valence-corrected chi connectivity index (χ1v) is 10.7. The van der Waals surface area contributed by atoms with Crippen molar-refractivity contribution in [2.45, 2.75) is 17.6 Å². The molecule has 3 atom stereocenters. The second-order valence-electron chi connectivity index (χ2n) is 7.08. The van der Waals surface area contributed by atoms with Crippen molar-refractivity contribution in [1.82, 2.24) is 0 Å². The highest BCUT2D eigenvalue weighted by Gasteiger charge is 2.62. The van der Waals surface area contributed by atoms with E-state index < -0.39 is 5.60 Å². The van der Waals surface area contributed by atoms with Crippen molar-refractivity contribution in [2.75, 3.05) is 0 Å². The lowest BCUT2D eigenvalue weighted by molar-refractivity contribution is -0.214. The summed E-state index contributed by atoms with van der Waals surface area (Å²) in [5.74, 6) is 0.0129. The highest BCUT2D eigenvalue weighted by Crippen LogP contribution is 2.66. The molecule has 0 amide bonds. The molecular weight excluding hydrogens is 480 g/mol. The summed E-state index contributed by atoms with van der Waals surface area (Å²) >= 11 is 7.24. The van der Waals surface area contributed by atoms with Crippen LogP contribution in [0.5, 0.6) is 0 Å². The van der Waals surface area contributed by atoms with Crippen LogP contribution < -0.4 is 0 Å². The Hall–Kier alpha value is -2.01. The number of ether oxygens (including phenoxy) is 1. The van der Waals surface area contributed by atoms with Crippen LogP contribution in [-0.2, 0) is 10.3 Å². The van der Waals surface area contributed by atoms with Gasteiger partial charge in [-0.2, -0.15) is 0 Å². The quantitative estimate of drug-likeness (QED) is 0.398. The zero-order valence-corrected chi connectivity index (χ0v) is 18.0. The van der Waals surface area contributed by atoms with Crippen molar-refractivity contribution in [3.05, 3.63) is 116 Å². The van der Waals surface area contributed by atoms with Crippen molar-refractivity contribution in [1.29, 1.82) is 0 Å². The summed E-state index contributed by atoms with van der Waals surface area (Å²) in [6.45, 7) is 0. The molecule has 0 saturated carbocycles. The third-order valence-electron chi connectivity index (χ3n) is 5.63. The van der Waals surface area contributed by atoms with Crippen LogP contribution in [0.15, 0.2) is 93.9 Å². The van der Waals surface area contributed by atoms with Gasteiger partial charge in [-0.15, -0.1) is 0 Å². The smallest absolute Gasteiger partial charge is 0.201 e. The minimum Gasteiger partial charge on any atom is -0.355 e. The maximum atomic E-state index is 12.9. The number of ketones is 1. The van der Waals surface area contributed by atoms with E-state index in [0.717, 1.165) is 15.6 Å². The van der Waals surface area contributed by atoms with E-state index in [1.807, 2.05) is 48.5 Å². The van der Waals surface area contributed by atoms with Crippen LogP contribution in [0.25, 0.3) is 0 Å². The number of hydrogen-bond donors (Lipinski definition) is 0. The second kappa shape index (κ2) is 6.80. The van der Waals surface area contributed by atoms with Crippen LogP contribution >= 0.6 is 31.9 Å². The van der Waals surface area contributed by atoms with Gasteiger partial charge in [-0.05, 0) is 27.1 Å². The van der Waals surface area contributed by atoms with Gasteiger partial charge in [0.1, 0.15) is 5.60 Å². The van der Waals surface area contributed by atoms with E-state index in [0.29, 0.717) is 10.0 Å². The van der Waals surface area contributed by atoms with Crippen LogP contribution in [0.1, 0.15) is 39.1 Å². The Balaban J connectivity index is 1.75. The largest absolute Gasteiger partial charge is 0.355 e. The molecular formula is C24H16Br2O2. The molecule has 2 nitrogen and oxygen atoms in total. The van der Waals surface area contributed by atoms with Gasteiger partial charge in [-0.3, -0.25) is 4.79 Å². The van der Waals surface area contributed by atoms with E-state index in [9.17, 15) is 4.79 Å². The summed E-state index contributed by atoms with van der Waals surface area (Å²) in [6, 6.07) is 28.4. The predicted molar refractivity (Wildman–Crippen MR) is 117 cm³/mol. The number of halogens is 2. The first-order valence-electron chi connectivity index (χ1n) is 9.12. The SMILES string of the molecule is O=C1C(Br)=C(Br)C2(OC(c3ccccc3)C2c2ccccc2)c2ccccc21. The highest BCUT2D eigenvalue weighted by atomic mass is 79.9. The number of carbonyl (C=O) groups is 1. The lowest BCUT2D eigenvalue weighted by atomic mass is 9.64. The molecule has 1 spiro atoms. The molecule has 0 N–H and O–H groups in total. The minimum atomic E-state index is -0.731. The van der Waals surface area contributed by atoms with Crippen LogP contribution in [0, 0.1) is 0 Å². The number of benzene rings is 3. The third kappa shape index (κ3) is 2.45. The lowest BCUT2D eigenvalue weighted by Crippen LogP contribution is -2.53. The number of allylic oxidation sites excluding steroid dienone is 1. The minimum absolute atomic E-state index is 0.0216. The van der Waals surface area contributed by atoms with E-state index in [1.165, 1.54) is 5.56 Å². The molecule has 1 heterocycles. The van der Waals surface area contributed by atoms with Crippen LogP contribution in [0.2, 0.25) is 0 Å². The van der Waals surface area contributed by atoms with Gasteiger partial charge in [-0.25, -0.2) is 0 Å². The van der Waals surface area contributed by atoms with E-state index >= 15 is 0 Å². The summed E-state index contributed by atoms with van der Waals surface area (Å²) in [5, 5.41) is 0. The van der Waals surface area contributed by atoms with Gasteiger partial charge in [0.05, 0.1) is 21.0 Å². The van der Waals surface area contributed by atoms with Gasteiger partial charge in [-0.1, -0.05) is 101 Å². The number of rotatable bonds is 2. The summed E-state index contributed by atoms with van der Waals surface area (Å²) in [5.41, 5.74) is 3.18. The van der Waals surface area contributed by atoms with Gasteiger partial charge < -0.3 is 4.74 Å². The molecule has 1 aliphatic heterocycles. The molecule has 1 aliphatic carbocycles. The number of hydrogen-bond acceptors (Lipinski definition) is 2. The monoisotopic (exact) mass is 494 g/mol. The normalized spacial score (nSPS) is 26.1. The molecule has 3 aromatic rings. The van der Waals surface area contributed by atoms with Crippen LogP contribution in [0.4, 0.5) is 0 Å². The maximum absolute atomic E-state index is 12.9. The molecule has 28 heavy (non-hydrogen) atoms. The number of fused-ring (bicyclic) bond motifs is 2.